The lowest BCUT2D eigenvalue weighted by atomic mass is 10.1. The normalized spacial score (nSPS) is 11.5. The molecule has 1 amide bonds. The first-order chi connectivity index (χ1) is 13.1. The third-order valence-electron chi connectivity index (χ3n) is 3.73. The van der Waals surface area contributed by atoms with E-state index in [2.05, 4.69) is 5.32 Å². The number of halogens is 2. The first-order valence-corrected chi connectivity index (χ1v) is 8.02. The molecule has 0 aliphatic heterocycles. The second-order valence-electron chi connectivity index (χ2n) is 6.02. The summed E-state index contributed by atoms with van der Waals surface area (Å²) >= 11 is 0. The maximum atomic E-state index is 13.6. The van der Waals surface area contributed by atoms with E-state index in [1.807, 2.05) is 0 Å². The van der Waals surface area contributed by atoms with Gasteiger partial charge in [0.2, 0.25) is 0 Å². The number of nitrogens with one attached hydrogen (secondary N) is 1. The van der Waals surface area contributed by atoms with E-state index in [0.29, 0.717) is 0 Å². The molecule has 0 spiro atoms. The van der Waals surface area contributed by atoms with Gasteiger partial charge in [0.15, 0.2) is 6.10 Å². The third-order valence-corrected chi connectivity index (χ3v) is 3.73. The number of esters is 1. The fraction of sp³-hybridized carbons (Fsp3) is 0.222. The third kappa shape index (κ3) is 4.78. The number of nitro groups is 1. The van der Waals surface area contributed by atoms with Gasteiger partial charge in [-0.25, -0.2) is 13.6 Å². The van der Waals surface area contributed by atoms with Crippen molar-refractivity contribution in [2.24, 2.45) is 0 Å². The van der Waals surface area contributed by atoms with Crippen molar-refractivity contribution in [2.75, 3.05) is 24.3 Å². The Kier molecular flexibility index (Phi) is 6.24. The van der Waals surface area contributed by atoms with Crippen LogP contribution in [0, 0.1) is 21.7 Å². The maximum Gasteiger partial charge on any atom is 0.339 e. The molecule has 0 saturated heterocycles. The second kappa shape index (κ2) is 8.42. The van der Waals surface area contributed by atoms with Crippen molar-refractivity contribution in [1.29, 1.82) is 0 Å². The van der Waals surface area contributed by atoms with Gasteiger partial charge < -0.3 is 15.0 Å². The molecule has 0 saturated carbocycles. The van der Waals surface area contributed by atoms with Crippen LogP contribution in [0.1, 0.15) is 17.3 Å². The van der Waals surface area contributed by atoms with Gasteiger partial charge in [0.25, 0.3) is 11.6 Å². The van der Waals surface area contributed by atoms with Gasteiger partial charge >= 0.3 is 5.97 Å². The van der Waals surface area contributed by atoms with E-state index >= 15 is 0 Å². The molecule has 2 rings (SSSR count). The topological polar surface area (TPSA) is 102 Å². The number of hydrogen-bond donors (Lipinski definition) is 1. The summed E-state index contributed by atoms with van der Waals surface area (Å²) in [7, 11) is 3.22. The molecular weight excluding hydrogens is 376 g/mol. The minimum Gasteiger partial charge on any atom is -0.449 e. The summed E-state index contributed by atoms with van der Waals surface area (Å²) in [5.74, 6) is -3.48. The van der Waals surface area contributed by atoms with Gasteiger partial charge in [-0.1, -0.05) is 0 Å². The summed E-state index contributed by atoms with van der Waals surface area (Å²) in [6, 6.07) is 6.24. The average Bonchev–Trinajstić information content (AvgIpc) is 2.63. The Bertz CT molecular complexity index is 933. The molecule has 2 aromatic rings. The van der Waals surface area contributed by atoms with Crippen LogP contribution in [-0.2, 0) is 9.53 Å². The summed E-state index contributed by atoms with van der Waals surface area (Å²) < 4.78 is 31.7. The van der Waals surface area contributed by atoms with Crippen LogP contribution >= 0.6 is 0 Å². The molecule has 0 unspecified atom stereocenters. The van der Waals surface area contributed by atoms with Gasteiger partial charge in [-0.15, -0.1) is 0 Å². The Hall–Kier alpha value is -3.56. The van der Waals surface area contributed by atoms with E-state index in [4.69, 9.17) is 4.74 Å². The summed E-state index contributed by atoms with van der Waals surface area (Å²) in [5.41, 5.74) is -0.555. The fourth-order valence-corrected chi connectivity index (χ4v) is 2.28. The van der Waals surface area contributed by atoms with Crippen molar-refractivity contribution in [3.8, 4) is 0 Å². The quantitative estimate of drug-likeness (QED) is 0.460. The number of anilines is 2. The number of benzene rings is 2. The van der Waals surface area contributed by atoms with E-state index in [0.717, 1.165) is 24.3 Å². The molecule has 0 bridgehead atoms. The van der Waals surface area contributed by atoms with E-state index in [9.17, 15) is 28.5 Å². The highest BCUT2D eigenvalue weighted by Gasteiger charge is 2.23. The van der Waals surface area contributed by atoms with E-state index in [1.54, 1.807) is 14.1 Å². The molecule has 148 valence electrons. The molecule has 0 aliphatic carbocycles. The molecule has 0 aromatic heterocycles. The summed E-state index contributed by atoms with van der Waals surface area (Å²) in [5, 5.41) is 13.3. The first kappa shape index (κ1) is 20.7. The van der Waals surface area contributed by atoms with Crippen molar-refractivity contribution >= 4 is 28.9 Å². The molecule has 1 N–H and O–H groups in total. The monoisotopic (exact) mass is 393 g/mol. The van der Waals surface area contributed by atoms with Crippen LogP contribution in [0.15, 0.2) is 36.4 Å². The predicted octanol–water partition coefficient (Wildman–Crippen LogP) is 3.12. The van der Waals surface area contributed by atoms with E-state index in [-0.39, 0.29) is 16.9 Å². The summed E-state index contributed by atoms with van der Waals surface area (Å²) in [6.07, 6.45) is -1.36. The highest BCUT2D eigenvalue weighted by atomic mass is 19.1. The van der Waals surface area contributed by atoms with Crippen molar-refractivity contribution in [3.63, 3.8) is 0 Å². The smallest absolute Gasteiger partial charge is 0.339 e. The molecule has 0 radical (unpaired) electrons. The van der Waals surface area contributed by atoms with Gasteiger partial charge in [0.05, 0.1) is 16.2 Å². The molecular formula is C18H17F2N3O5. The lowest BCUT2D eigenvalue weighted by Crippen LogP contribution is -2.30. The number of nitro benzene ring substituents is 1. The first-order valence-electron chi connectivity index (χ1n) is 8.02. The van der Waals surface area contributed by atoms with Crippen LogP contribution in [0.4, 0.5) is 25.8 Å². The average molecular weight is 393 g/mol. The summed E-state index contributed by atoms with van der Waals surface area (Å²) in [6.45, 7) is 1.23. The number of carbonyl (C=O) groups is 2. The number of nitrogens with zero attached hydrogens (tertiary/aromatic N) is 2. The van der Waals surface area contributed by atoms with Gasteiger partial charge in [-0.05, 0) is 31.2 Å². The fourth-order valence-electron chi connectivity index (χ4n) is 2.28. The van der Waals surface area contributed by atoms with Crippen LogP contribution in [0.3, 0.4) is 0 Å². The van der Waals surface area contributed by atoms with Crippen molar-refractivity contribution in [2.45, 2.75) is 13.0 Å². The van der Waals surface area contributed by atoms with Gasteiger partial charge in [-0.3, -0.25) is 14.9 Å². The lowest BCUT2D eigenvalue weighted by Gasteiger charge is -2.15. The lowest BCUT2D eigenvalue weighted by molar-refractivity contribution is -0.384. The molecule has 8 nitrogen and oxygen atoms in total. The number of rotatable bonds is 6. The van der Waals surface area contributed by atoms with Crippen molar-refractivity contribution in [3.05, 3.63) is 63.7 Å². The highest BCUT2D eigenvalue weighted by molar-refractivity contribution is 5.98. The van der Waals surface area contributed by atoms with Gasteiger partial charge in [0, 0.05) is 26.2 Å². The molecule has 28 heavy (non-hydrogen) atoms. The molecule has 10 heteroatoms. The van der Waals surface area contributed by atoms with E-state index in [1.165, 1.54) is 24.0 Å². The second-order valence-corrected chi connectivity index (χ2v) is 6.02. The van der Waals surface area contributed by atoms with Crippen molar-refractivity contribution < 1.29 is 28.0 Å². The zero-order valence-electron chi connectivity index (χ0n) is 15.2. The number of ether oxygens (including phenoxy) is 1. The van der Waals surface area contributed by atoms with Crippen LogP contribution in [0.25, 0.3) is 0 Å². The number of amides is 1. The molecule has 1 atom stereocenters. The van der Waals surface area contributed by atoms with Gasteiger partial charge in [0.1, 0.15) is 17.3 Å². The molecule has 0 heterocycles. The van der Waals surface area contributed by atoms with Crippen LogP contribution in [-0.4, -0.2) is 37.0 Å². The Morgan fingerprint density at radius 3 is 2.46 bits per heavy atom. The van der Waals surface area contributed by atoms with Crippen LogP contribution < -0.4 is 10.2 Å². The van der Waals surface area contributed by atoms with Gasteiger partial charge in [-0.2, -0.15) is 0 Å². The SMILES string of the molecule is C[C@@H](OC(=O)c1ccc(N(C)C)c([N+](=O)[O-])c1)C(=O)Nc1cc(F)ccc1F. The minimum absolute atomic E-state index is 0.131. The minimum atomic E-state index is -1.36. The number of carbonyl (C=O) groups excluding carboxylic acids is 2. The Balaban J connectivity index is 2.13. The molecule has 0 aliphatic rings. The Morgan fingerprint density at radius 1 is 1.18 bits per heavy atom. The van der Waals surface area contributed by atoms with E-state index < -0.39 is 40.2 Å². The predicted molar refractivity (Wildman–Crippen MR) is 97.3 cm³/mol. The van der Waals surface area contributed by atoms with Crippen LogP contribution in [0.2, 0.25) is 0 Å². The van der Waals surface area contributed by atoms with Crippen molar-refractivity contribution in [1.82, 2.24) is 0 Å². The zero-order chi connectivity index (χ0) is 21.0. The Morgan fingerprint density at radius 2 is 1.86 bits per heavy atom. The standard InChI is InChI=1S/C18H17F2N3O5/c1-10(17(24)21-14-9-12(19)5-6-13(14)20)28-18(25)11-4-7-15(22(2)3)16(8-11)23(26)27/h4-10H,1-3H3,(H,21,24)/t10-/m1/s1. The zero-order valence-corrected chi connectivity index (χ0v) is 15.2. The molecule has 0 fully saturated rings. The number of hydrogen-bond acceptors (Lipinski definition) is 6. The Labute approximate surface area is 158 Å². The molecule has 2 aromatic carbocycles. The summed E-state index contributed by atoms with van der Waals surface area (Å²) in [4.78, 5) is 36.3. The van der Waals surface area contributed by atoms with Crippen LogP contribution in [0.5, 0.6) is 0 Å². The highest BCUT2D eigenvalue weighted by Crippen LogP contribution is 2.28. The largest absolute Gasteiger partial charge is 0.449 e. The maximum absolute atomic E-state index is 13.6.